The molecular formula is C37H48N4O4S. The Balaban J connectivity index is 1.55. The van der Waals surface area contributed by atoms with E-state index < -0.39 is 22.6 Å². The van der Waals surface area contributed by atoms with Crippen molar-refractivity contribution in [1.82, 2.24) is 4.90 Å². The second kappa shape index (κ2) is 14.5. The van der Waals surface area contributed by atoms with E-state index in [9.17, 15) is 19.5 Å². The van der Waals surface area contributed by atoms with E-state index in [4.69, 9.17) is 0 Å². The molecule has 6 atom stereocenters. The molecule has 3 unspecified atom stereocenters. The van der Waals surface area contributed by atoms with Crippen molar-refractivity contribution in [3.8, 4) is 0 Å². The van der Waals surface area contributed by atoms with E-state index in [2.05, 4.69) is 38.8 Å². The number of anilines is 3. The lowest BCUT2D eigenvalue weighted by Crippen LogP contribution is -2.57. The zero-order chi connectivity index (χ0) is 33.0. The Bertz CT molecular complexity index is 1410. The Labute approximate surface area is 278 Å². The molecule has 246 valence electrons. The Morgan fingerprint density at radius 1 is 0.935 bits per heavy atom. The van der Waals surface area contributed by atoms with Gasteiger partial charge in [-0.25, -0.2) is 0 Å². The molecule has 1 spiro atoms. The summed E-state index contributed by atoms with van der Waals surface area (Å²) in [5, 5.41) is 9.51. The van der Waals surface area contributed by atoms with Crippen molar-refractivity contribution in [3.63, 3.8) is 0 Å². The molecule has 2 aromatic rings. The van der Waals surface area contributed by atoms with Crippen molar-refractivity contribution in [2.75, 3.05) is 54.0 Å². The van der Waals surface area contributed by atoms with Gasteiger partial charge in [-0.1, -0.05) is 37.3 Å². The highest BCUT2D eigenvalue weighted by Gasteiger charge is 2.76. The van der Waals surface area contributed by atoms with Crippen LogP contribution < -0.4 is 14.7 Å². The molecule has 0 aliphatic carbocycles. The van der Waals surface area contributed by atoms with Crippen LogP contribution in [-0.2, 0) is 14.4 Å². The third-order valence-electron chi connectivity index (χ3n) is 10.1. The quantitative estimate of drug-likeness (QED) is 0.207. The number of thioether (sulfide) groups is 1. The number of benzene rings is 2. The number of unbranched alkanes of at least 4 members (excludes halogenated alkanes) is 1. The molecule has 46 heavy (non-hydrogen) atoms. The number of amides is 3. The maximum absolute atomic E-state index is 15.0. The number of nitrogens with zero attached hydrogens (tertiary/aromatic N) is 4. The SMILES string of the molecule is C=CCN(C(=O)C1N(CCCCO)C(=O)[C@@H]2[C@H](C(=O)N(CC=C)c3ccccc3)[C@@H]3CC(C)C12S3)c1ccc(N(CC)CC)cc1. The molecule has 3 aliphatic heterocycles. The van der Waals surface area contributed by atoms with Crippen LogP contribution in [0.25, 0.3) is 0 Å². The number of aliphatic hydroxyl groups is 1. The molecule has 3 amide bonds. The van der Waals surface area contributed by atoms with Crippen molar-refractivity contribution < 1.29 is 19.5 Å². The number of carbonyl (C=O) groups is 3. The summed E-state index contributed by atoms with van der Waals surface area (Å²) in [7, 11) is 0. The summed E-state index contributed by atoms with van der Waals surface area (Å²) in [4.78, 5) is 51.6. The highest BCUT2D eigenvalue weighted by molar-refractivity contribution is 8.02. The van der Waals surface area contributed by atoms with Crippen LogP contribution in [-0.4, -0.2) is 83.1 Å². The standard InChI is InChI=1S/C37H48N4O4S/c1-6-21-39(28-15-11-10-12-16-28)34(43)31-30-25-26(5)37(46-30)32(31)35(44)41(23-13-14-24-42)33(37)36(45)40(22-7-2)29-19-17-27(18-20-29)38(8-3)9-4/h6-7,10-12,15-20,26,30-33,42H,1-2,8-9,13-14,21-25H2,3-5H3/t26?,30-,31+,32-,33?,37?/m0/s1. The maximum Gasteiger partial charge on any atom is 0.251 e. The second-order valence-electron chi connectivity index (χ2n) is 12.5. The molecule has 9 heteroatoms. The summed E-state index contributed by atoms with van der Waals surface area (Å²) < 4.78 is -0.741. The van der Waals surface area contributed by atoms with Gasteiger partial charge in [0, 0.05) is 61.6 Å². The van der Waals surface area contributed by atoms with Gasteiger partial charge in [0.25, 0.3) is 5.91 Å². The van der Waals surface area contributed by atoms with Gasteiger partial charge >= 0.3 is 0 Å². The van der Waals surface area contributed by atoms with Crippen LogP contribution in [0.1, 0.15) is 40.0 Å². The smallest absolute Gasteiger partial charge is 0.251 e. The third-order valence-corrected chi connectivity index (χ3v) is 12.2. The van der Waals surface area contributed by atoms with Gasteiger partial charge in [-0.3, -0.25) is 14.4 Å². The monoisotopic (exact) mass is 644 g/mol. The van der Waals surface area contributed by atoms with Crippen molar-refractivity contribution in [2.24, 2.45) is 17.8 Å². The van der Waals surface area contributed by atoms with E-state index in [-0.39, 0.29) is 35.5 Å². The van der Waals surface area contributed by atoms with Crippen LogP contribution in [0.15, 0.2) is 79.9 Å². The zero-order valence-electron chi connectivity index (χ0n) is 27.4. The van der Waals surface area contributed by atoms with E-state index >= 15 is 0 Å². The van der Waals surface area contributed by atoms with Crippen LogP contribution in [0.4, 0.5) is 17.1 Å². The minimum atomic E-state index is -0.741. The fraction of sp³-hybridized carbons (Fsp3) is 0.486. The Morgan fingerprint density at radius 3 is 2.11 bits per heavy atom. The summed E-state index contributed by atoms with van der Waals surface area (Å²) in [5.41, 5.74) is 2.61. The number of rotatable bonds is 15. The van der Waals surface area contributed by atoms with Crippen molar-refractivity contribution in [2.45, 2.75) is 56.1 Å². The number of carbonyl (C=O) groups excluding carboxylic acids is 3. The third kappa shape index (κ3) is 5.77. The average Bonchev–Trinajstić information content (AvgIpc) is 3.67. The minimum absolute atomic E-state index is 0.0125. The van der Waals surface area contributed by atoms with E-state index in [0.717, 1.165) is 36.6 Å². The summed E-state index contributed by atoms with van der Waals surface area (Å²) in [6, 6.07) is 16.8. The van der Waals surface area contributed by atoms with Gasteiger partial charge in [0.05, 0.1) is 16.6 Å². The molecule has 0 saturated carbocycles. The summed E-state index contributed by atoms with van der Waals surface area (Å²) >= 11 is 1.69. The predicted octanol–water partition coefficient (Wildman–Crippen LogP) is 5.38. The molecule has 2 aromatic carbocycles. The molecule has 3 aliphatic rings. The predicted molar refractivity (Wildman–Crippen MR) is 188 cm³/mol. The first-order valence-electron chi connectivity index (χ1n) is 16.6. The molecule has 5 rings (SSSR count). The van der Waals surface area contributed by atoms with Crippen LogP contribution in [0.2, 0.25) is 0 Å². The zero-order valence-corrected chi connectivity index (χ0v) is 28.2. The Morgan fingerprint density at radius 2 is 1.52 bits per heavy atom. The summed E-state index contributed by atoms with van der Waals surface area (Å²) in [6.07, 6.45) is 5.30. The molecule has 0 aromatic heterocycles. The van der Waals surface area contributed by atoms with E-state index in [1.54, 1.807) is 38.6 Å². The number of hydrogen-bond acceptors (Lipinski definition) is 6. The largest absolute Gasteiger partial charge is 0.396 e. The van der Waals surface area contributed by atoms with E-state index in [0.29, 0.717) is 32.5 Å². The normalized spacial score (nSPS) is 26.1. The molecule has 3 heterocycles. The first kappa shape index (κ1) is 33.8. The molecule has 3 fully saturated rings. The maximum atomic E-state index is 15.0. The summed E-state index contributed by atoms with van der Waals surface area (Å²) in [5.74, 6) is -1.47. The number of para-hydroxylation sites is 1. The lowest BCUT2D eigenvalue weighted by molar-refractivity contribution is -0.139. The van der Waals surface area contributed by atoms with Gasteiger partial charge in [-0.15, -0.1) is 24.9 Å². The Hall–Kier alpha value is -3.56. The highest BCUT2D eigenvalue weighted by Crippen LogP contribution is 2.69. The number of fused-ring (bicyclic) bond motifs is 1. The average molecular weight is 645 g/mol. The fourth-order valence-corrected chi connectivity index (χ4v) is 10.4. The first-order valence-corrected chi connectivity index (χ1v) is 17.5. The molecule has 2 bridgehead atoms. The van der Waals surface area contributed by atoms with Gasteiger partial charge < -0.3 is 24.7 Å². The van der Waals surface area contributed by atoms with Crippen LogP contribution in [0, 0.1) is 17.8 Å². The van der Waals surface area contributed by atoms with Gasteiger partial charge in [0.1, 0.15) is 6.04 Å². The van der Waals surface area contributed by atoms with Crippen molar-refractivity contribution in [1.29, 1.82) is 0 Å². The Kier molecular flexibility index (Phi) is 10.6. The van der Waals surface area contributed by atoms with Gasteiger partial charge in [-0.2, -0.15) is 0 Å². The topological polar surface area (TPSA) is 84.4 Å². The molecule has 8 nitrogen and oxygen atoms in total. The summed E-state index contributed by atoms with van der Waals surface area (Å²) in [6.45, 7) is 17.0. The first-order chi connectivity index (χ1) is 22.3. The number of hydrogen-bond donors (Lipinski definition) is 1. The van der Waals surface area contributed by atoms with Crippen molar-refractivity contribution in [3.05, 3.63) is 79.9 Å². The molecule has 1 N–H and O–H groups in total. The van der Waals surface area contributed by atoms with E-state index in [1.807, 2.05) is 54.6 Å². The van der Waals surface area contributed by atoms with Gasteiger partial charge in [0.15, 0.2) is 0 Å². The fourth-order valence-electron chi connectivity index (χ4n) is 7.99. The van der Waals surface area contributed by atoms with Crippen molar-refractivity contribution >= 4 is 46.5 Å². The second-order valence-corrected chi connectivity index (χ2v) is 14.1. The lowest BCUT2D eigenvalue weighted by atomic mass is 9.65. The number of likely N-dealkylation sites (tertiary alicyclic amines) is 1. The van der Waals surface area contributed by atoms with Gasteiger partial charge in [0.2, 0.25) is 11.8 Å². The van der Waals surface area contributed by atoms with E-state index in [1.165, 1.54) is 0 Å². The molecule has 3 saturated heterocycles. The number of aliphatic hydroxyl groups excluding tert-OH is 1. The molecule has 0 radical (unpaired) electrons. The lowest BCUT2D eigenvalue weighted by Gasteiger charge is -2.41. The van der Waals surface area contributed by atoms with Crippen LogP contribution >= 0.6 is 11.8 Å². The highest BCUT2D eigenvalue weighted by atomic mass is 32.2. The van der Waals surface area contributed by atoms with Gasteiger partial charge in [-0.05, 0) is 75.4 Å². The van der Waals surface area contributed by atoms with Crippen LogP contribution in [0.3, 0.4) is 0 Å². The minimum Gasteiger partial charge on any atom is -0.396 e. The molecular weight excluding hydrogens is 596 g/mol. The van der Waals surface area contributed by atoms with Crippen LogP contribution in [0.5, 0.6) is 0 Å².